The van der Waals surface area contributed by atoms with E-state index >= 15 is 0 Å². The van der Waals surface area contributed by atoms with Crippen LogP contribution >= 0.6 is 0 Å². The van der Waals surface area contributed by atoms with Crippen LogP contribution in [0.15, 0.2) is 12.1 Å². The average molecular weight is 268 g/mol. The van der Waals surface area contributed by atoms with Gasteiger partial charge in [0.2, 0.25) is 5.91 Å². The average Bonchev–Trinajstić information content (AvgIpc) is 3.14. The van der Waals surface area contributed by atoms with E-state index in [1.165, 1.54) is 13.8 Å². The number of hydrogen-bond acceptors (Lipinski definition) is 2. The lowest BCUT2D eigenvalue weighted by molar-refractivity contribution is -0.124. The molecule has 104 valence electrons. The van der Waals surface area contributed by atoms with E-state index in [1.807, 2.05) is 0 Å². The van der Waals surface area contributed by atoms with Gasteiger partial charge < -0.3 is 5.73 Å². The van der Waals surface area contributed by atoms with Gasteiger partial charge >= 0.3 is 0 Å². The maximum absolute atomic E-state index is 14.0. The zero-order valence-electron chi connectivity index (χ0n) is 11.1. The van der Waals surface area contributed by atoms with Crippen LogP contribution in [-0.4, -0.2) is 12.5 Å². The molecule has 0 saturated heterocycles. The number of nitrogens with two attached hydrogens (primary N) is 1. The van der Waals surface area contributed by atoms with Gasteiger partial charge in [0.1, 0.15) is 17.2 Å². The highest BCUT2D eigenvalue weighted by atomic mass is 19.1. The molecule has 1 aliphatic rings. The summed E-state index contributed by atoms with van der Waals surface area (Å²) in [5, 5.41) is 2.98. The van der Waals surface area contributed by atoms with E-state index in [1.54, 1.807) is 0 Å². The molecule has 0 bridgehead atoms. The van der Waals surface area contributed by atoms with Crippen molar-refractivity contribution in [3.63, 3.8) is 0 Å². The summed E-state index contributed by atoms with van der Waals surface area (Å²) in [5.41, 5.74) is 4.15. The van der Waals surface area contributed by atoms with Crippen LogP contribution in [0.4, 0.5) is 8.78 Å². The minimum absolute atomic E-state index is 0.0382. The van der Waals surface area contributed by atoms with Crippen molar-refractivity contribution in [2.75, 3.05) is 6.54 Å². The lowest BCUT2D eigenvalue weighted by atomic mass is 9.89. The van der Waals surface area contributed by atoms with Crippen LogP contribution in [0.1, 0.15) is 30.9 Å². The number of aryl methyl sites for hydroxylation is 1. The summed E-state index contributed by atoms with van der Waals surface area (Å²) in [5.74, 6) is -1.38. The van der Waals surface area contributed by atoms with Crippen molar-refractivity contribution in [1.82, 2.24) is 5.32 Å². The monoisotopic (exact) mass is 268 g/mol. The van der Waals surface area contributed by atoms with Crippen molar-refractivity contribution in [3.8, 4) is 0 Å². The number of amides is 1. The molecule has 3 nitrogen and oxygen atoms in total. The maximum atomic E-state index is 14.0. The molecule has 1 aromatic carbocycles. The number of carbonyl (C=O) groups excluding carboxylic acids is 1. The van der Waals surface area contributed by atoms with Crippen LogP contribution in [-0.2, 0) is 10.3 Å². The van der Waals surface area contributed by atoms with Crippen molar-refractivity contribution in [2.24, 2.45) is 11.7 Å². The molecule has 1 atom stereocenters. The molecule has 1 aliphatic carbocycles. The Balaban J connectivity index is 2.36. The third kappa shape index (κ3) is 2.76. The van der Waals surface area contributed by atoms with Gasteiger partial charge in [-0.2, -0.15) is 0 Å². The van der Waals surface area contributed by atoms with Gasteiger partial charge in [0, 0.05) is 5.56 Å². The summed E-state index contributed by atoms with van der Waals surface area (Å²) in [6, 6.07) is 2.14. The normalized spacial score (nSPS) is 18.1. The van der Waals surface area contributed by atoms with Crippen LogP contribution in [0.25, 0.3) is 0 Å². The van der Waals surface area contributed by atoms with E-state index in [-0.39, 0.29) is 11.1 Å². The zero-order valence-corrected chi connectivity index (χ0v) is 11.1. The second-order valence-corrected chi connectivity index (χ2v) is 5.39. The SMILES string of the molecule is Cc1cc(F)c(C(C)(NCC2CC2)C(N)=O)cc1F. The largest absolute Gasteiger partial charge is 0.368 e. The Morgan fingerprint density at radius 2 is 2.05 bits per heavy atom. The van der Waals surface area contributed by atoms with Gasteiger partial charge in [-0.05, 0) is 56.8 Å². The molecule has 1 aromatic rings. The van der Waals surface area contributed by atoms with Gasteiger partial charge in [0.25, 0.3) is 0 Å². The van der Waals surface area contributed by atoms with Crippen molar-refractivity contribution < 1.29 is 13.6 Å². The van der Waals surface area contributed by atoms with Crippen molar-refractivity contribution in [2.45, 2.75) is 32.2 Å². The Morgan fingerprint density at radius 1 is 1.42 bits per heavy atom. The lowest BCUT2D eigenvalue weighted by Gasteiger charge is -2.29. The molecular formula is C14H18F2N2O. The molecule has 1 amide bonds. The highest BCUT2D eigenvalue weighted by Gasteiger charge is 2.37. The Hall–Kier alpha value is -1.49. The van der Waals surface area contributed by atoms with Gasteiger partial charge in [-0.25, -0.2) is 8.78 Å². The Bertz CT molecular complexity index is 514. The number of halogens is 2. The standard InChI is InChI=1S/C14H18F2N2O/c1-8-5-12(16)10(6-11(8)15)14(2,13(17)19)18-7-9-3-4-9/h5-6,9,18H,3-4,7H2,1-2H3,(H2,17,19). The van der Waals surface area contributed by atoms with Crippen LogP contribution in [0.3, 0.4) is 0 Å². The summed E-state index contributed by atoms with van der Waals surface area (Å²) >= 11 is 0. The Kier molecular flexibility index (Phi) is 3.58. The summed E-state index contributed by atoms with van der Waals surface area (Å²) in [4.78, 5) is 11.7. The molecule has 0 heterocycles. The first kappa shape index (κ1) is 13.9. The van der Waals surface area contributed by atoms with Crippen LogP contribution < -0.4 is 11.1 Å². The van der Waals surface area contributed by atoms with Gasteiger partial charge in [-0.15, -0.1) is 0 Å². The van der Waals surface area contributed by atoms with Gasteiger partial charge in [-0.1, -0.05) is 0 Å². The van der Waals surface area contributed by atoms with Crippen molar-refractivity contribution in [1.29, 1.82) is 0 Å². The molecule has 0 radical (unpaired) electrons. The molecule has 2 rings (SSSR count). The summed E-state index contributed by atoms with van der Waals surface area (Å²) in [6.07, 6.45) is 2.18. The molecule has 0 aromatic heterocycles. The predicted molar refractivity (Wildman–Crippen MR) is 68.4 cm³/mol. The van der Waals surface area contributed by atoms with E-state index in [4.69, 9.17) is 5.73 Å². The summed E-state index contributed by atoms with van der Waals surface area (Å²) in [7, 11) is 0. The second-order valence-electron chi connectivity index (χ2n) is 5.39. The fraction of sp³-hybridized carbons (Fsp3) is 0.500. The van der Waals surface area contributed by atoms with E-state index in [0.717, 1.165) is 25.0 Å². The number of rotatable bonds is 5. The minimum atomic E-state index is -1.39. The van der Waals surface area contributed by atoms with Gasteiger partial charge in [-0.3, -0.25) is 10.1 Å². The molecule has 1 saturated carbocycles. The van der Waals surface area contributed by atoms with Crippen LogP contribution in [0.5, 0.6) is 0 Å². The molecule has 3 N–H and O–H groups in total. The summed E-state index contributed by atoms with van der Waals surface area (Å²) < 4.78 is 27.6. The second kappa shape index (κ2) is 4.89. The van der Waals surface area contributed by atoms with Crippen molar-refractivity contribution in [3.05, 3.63) is 34.9 Å². The highest BCUT2D eigenvalue weighted by molar-refractivity contribution is 5.85. The number of primary amides is 1. The third-order valence-corrected chi connectivity index (χ3v) is 3.72. The van der Waals surface area contributed by atoms with Crippen molar-refractivity contribution >= 4 is 5.91 Å². The molecule has 1 fully saturated rings. The molecule has 0 spiro atoms. The Morgan fingerprint density at radius 3 is 2.58 bits per heavy atom. The molecular weight excluding hydrogens is 250 g/mol. The third-order valence-electron chi connectivity index (χ3n) is 3.72. The van der Waals surface area contributed by atoms with Crippen LogP contribution in [0, 0.1) is 24.5 Å². The first-order valence-corrected chi connectivity index (χ1v) is 6.35. The highest BCUT2D eigenvalue weighted by Crippen LogP contribution is 2.31. The smallest absolute Gasteiger partial charge is 0.242 e. The van der Waals surface area contributed by atoms with Gasteiger partial charge in [0.05, 0.1) is 0 Å². The lowest BCUT2D eigenvalue weighted by Crippen LogP contribution is -2.51. The van der Waals surface area contributed by atoms with E-state index in [2.05, 4.69) is 5.32 Å². The van der Waals surface area contributed by atoms with Crippen LogP contribution in [0.2, 0.25) is 0 Å². The first-order chi connectivity index (χ1) is 8.84. The molecule has 0 aliphatic heterocycles. The molecule has 5 heteroatoms. The van der Waals surface area contributed by atoms with E-state index in [9.17, 15) is 13.6 Å². The molecule has 1 unspecified atom stereocenters. The predicted octanol–water partition coefficient (Wildman–Crippen LogP) is 1.97. The van der Waals surface area contributed by atoms with Gasteiger partial charge in [0.15, 0.2) is 0 Å². The number of carbonyl (C=O) groups is 1. The quantitative estimate of drug-likeness (QED) is 0.858. The van der Waals surface area contributed by atoms with E-state index < -0.39 is 23.1 Å². The fourth-order valence-corrected chi connectivity index (χ4v) is 2.01. The maximum Gasteiger partial charge on any atom is 0.242 e. The zero-order chi connectivity index (χ0) is 14.2. The number of benzene rings is 1. The first-order valence-electron chi connectivity index (χ1n) is 6.35. The number of nitrogens with one attached hydrogen (secondary N) is 1. The fourth-order valence-electron chi connectivity index (χ4n) is 2.01. The minimum Gasteiger partial charge on any atom is -0.368 e. The molecule has 19 heavy (non-hydrogen) atoms. The number of hydrogen-bond donors (Lipinski definition) is 2. The summed E-state index contributed by atoms with van der Waals surface area (Å²) in [6.45, 7) is 3.54. The topological polar surface area (TPSA) is 55.1 Å². The van der Waals surface area contributed by atoms with E-state index in [0.29, 0.717) is 12.5 Å². The Labute approximate surface area is 111 Å².